The van der Waals surface area contributed by atoms with E-state index in [0.29, 0.717) is 10.0 Å². The van der Waals surface area contributed by atoms with E-state index in [1.807, 2.05) is 30.5 Å². The Morgan fingerprint density at radius 3 is 2.79 bits per heavy atom. The molecule has 24 heavy (non-hydrogen) atoms. The molecule has 3 aromatic rings. The van der Waals surface area contributed by atoms with Crippen molar-refractivity contribution in [1.29, 1.82) is 0 Å². The van der Waals surface area contributed by atoms with Crippen LogP contribution in [0.25, 0.3) is 11.3 Å². The second-order valence-corrected chi connectivity index (χ2v) is 7.31. The highest BCUT2D eigenvalue weighted by Crippen LogP contribution is 2.24. The zero-order valence-electron chi connectivity index (χ0n) is 13.0. The van der Waals surface area contributed by atoms with E-state index in [9.17, 15) is 9.59 Å². The molecule has 0 aliphatic heterocycles. The van der Waals surface area contributed by atoms with Crippen molar-refractivity contribution in [2.75, 3.05) is 5.32 Å². The summed E-state index contributed by atoms with van der Waals surface area (Å²) in [5.41, 5.74) is 1.67. The SMILES string of the molecule is Cc1ccc(C(=O)CCC(=O)Nc2nc(-c3cccnc3)cs2)s1. The van der Waals surface area contributed by atoms with Crippen molar-refractivity contribution in [3.05, 3.63) is 51.8 Å². The van der Waals surface area contributed by atoms with Crippen molar-refractivity contribution in [2.24, 2.45) is 0 Å². The summed E-state index contributed by atoms with van der Waals surface area (Å²) < 4.78 is 0. The number of hydrogen-bond donors (Lipinski definition) is 1. The summed E-state index contributed by atoms with van der Waals surface area (Å²) in [6.07, 6.45) is 3.78. The van der Waals surface area contributed by atoms with E-state index in [0.717, 1.165) is 16.1 Å². The molecule has 3 heterocycles. The van der Waals surface area contributed by atoms with Gasteiger partial charge in [0.15, 0.2) is 10.9 Å². The molecule has 0 saturated heterocycles. The molecule has 0 aliphatic carbocycles. The van der Waals surface area contributed by atoms with Crippen LogP contribution in [-0.4, -0.2) is 21.7 Å². The predicted octanol–water partition coefficient (Wildman–Crippen LogP) is 4.18. The molecule has 0 unspecified atom stereocenters. The first-order chi connectivity index (χ1) is 11.6. The first-order valence-electron chi connectivity index (χ1n) is 7.37. The van der Waals surface area contributed by atoms with Gasteiger partial charge in [0.1, 0.15) is 0 Å². The highest BCUT2D eigenvalue weighted by molar-refractivity contribution is 7.14. The number of carbonyl (C=O) groups is 2. The lowest BCUT2D eigenvalue weighted by Crippen LogP contribution is -2.13. The van der Waals surface area contributed by atoms with Crippen LogP contribution in [0.3, 0.4) is 0 Å². The van der Waals surface area contributed by atoms with Gasteiger partial charge in [-0.3, -0.25) is 14.6 Å². The number of amides is 1. The van der Waals surface area contributed by atoms with Crippen molar-refractivity contribution >= 4 is 39.5 Å². The number of nitrogens with one attached hydrogen (secondary N) is 1. The maximum Gasteiger partial charge on any atom is 0.226 e. The van der Waals surface area contributed by atoms with Crippen LogP contribution in [0, 0.1) is 6.92 Å². The van der Waals surface area contributed by atoms with E-state index in [4.69, 9.17) is 0 Å². The fourth-order valence-corrected chi connectivity index (χ4v) is 3.67. The van der Waals surface area contributed by atoms with Crippen molar-refractivity contribution in [3.63, 3.8) is 0 Å². The third-order valence-corrected chi connectivity index (χ3v) is 5.10. The molecule has 7 heteroatoms. The fourth-order valence-electron chi connectivity index (χ4n) is 2.09. The molecule has 0 bridgehead atoms. The molecule has 5 nitrogen and oxygen atoms in total. The lowest BCUT2D eigenvalue weighted by molar-refractivity contribution is -0.116. The van der Waals surface area contributed by atoms with Crippen LogP contribution in [0.15, 0.2) is 42.0 Å². The third kappa shape index (κ3) is 4.12. The summed E-state index contributed by atoms with van der Waals surface area (Å²) in [5.74, 6) is -0.206. The average Bonchev–Trinajstić information content (AvgIpc) is 3.23. The van der Waals surface area contributed by atoms with Crippen LogP contribution in [0.2, 0.25) is 0 Å². The van der Waals surface area contributed by atoms with Gasteiger partial charge in [0, 0.05) is 41.1 Å². The van der Waals surface area contributed by atoms with E-state index in [-0.39, 0.29) is 24.5 Å². The minimum absolute atomic E-state index is 0.00145. The van der Waals surface area contributed by atoms with Crippen LogP contribution < -0.4 is 5.32 Å². The van der Waals surface area contributed by atoms with Gasteiger partial charge in [0.2, 0.25) is 5.91 Å². The molecule has 3 rings (SSSR count). The standard InChI is InChI=1S/C17H15N3O2S2/c1-11-4-6-15(24-11)14(21)5-7-16(22)20-17-19-13(10-23-17)12-3-2-8-18-9-12/h2-4,6,8-10H,5,7H2,1H3,(H,19,20,22). The number of carbonyl (C=O) groups excluding carboxylic acids is 2. The maximum absolute atomic E-state index is 12.0. The summed E-state index contributed by atoms with van der Waals surface area (Å²) in [5, 5.41) is 5.14. The predicted molar refractivity (Wildman–Crippen MR) is 96.6 cm³/mol. The average molecular weight is 357 g/mol. The van der Waals surface area contributed by atoms with E-state index in [1.165, 1.54) is 22.7 Å². The van der Waals surface area contributed by atoms with E-state index >= 15 is 0 Å². The van der Waals surface area contributed by atoms with Crippen molar-refractivity contribution < 1.29 is 9.59 Å². The number of anilines is 1. The van der Waals surface area contributed by atoms with Crippen molar-refractivity contribution in [3.8, 4) is 11.3 Å². The number of Topliss-reactive ketones (excluding diaryl/α,β-unsaturated/α-hetero) is 1. The molecule has 1 N–H and O–H groups in total. The highest BCUT2D eigenvalue weighted by atomic mass is 32.1. The number of rotatable bonds is 6. The number of hydrogen-bond acceptors (Lipinski definition) is 6. The number of aryl methyl sites for hydroxylation is 1. The van der Waals surface area contributed by atoms with Gasteiger partial charge in [-0.25, -0.2) is 4.98 Å². The Hall–Kier alpha value is -2.38. The quantitative estimate of drug-likeness (QED) is 0.672. The minimum atomic E-state index is -0.205. The number of pyridine rings is 1. The van der Waals surface area contributed by atoms with Crippen LogP contribution in [-0.2, 0) is 4.79 Å². The Balaban J connectivity index is 1.54. The first-order valence-corrected chi connectivity index (χ1v) is 9.07. The largest absolute Gasteiger partial charge is 0.302 e. The summed E-state index contributed by atoms with van der Waals surface area (Å²) in [4.78, 5) is 34.2. The summed E-state index contributed by atoms with van der Waals surface area (Å²) in [6.45, 7) is 1.95. The number of nitrogens with zero attached hydrogens (tertiary/aromatic N) is 2. The fraction of sp³-hybridized carbons (Fsp3) is 0.176. The lowest BCUT2D eigenvalue weighted by Gasteiger charge is -2.01. The molecule has 0 fully saturated rings. The molecule has 0 radical (unpaired) electrons. The third-order valence-electron chi connectivity index (χ3n) is 3.30. The second-order valence-electron chi connectivity index (χ2n) is 5.16. The number of thiazole rings is 1. The monoisotopic (exact) mass is 357 g/mol. The Kier molecular flexibility index (Phi) is 5.12. The van der Waals surface area contributed by atoms with Gasteiger partial charge in [-0.15, -0.1) is 22.7 Å². The molecule has 0 spiro atoms. The van der Waals surface area contributed by atoms with Crippen LogP contribution in [0.5, 0.6) is 0 Å². The number of thiophene rings is 1. The topological polar surface area (TPSA) is 72.0 Å². The van der Waals surface area contributed by atoms with Gasteiger partial charge in [0.05, 0.1) is 10.6 Å². The van der Waals surface area contributed by atoms with Gasteiger partial charge in [-0.2, -0.15) is 0 Å². The van der Waals surface area contributed by atoms with Gasteiger partial charge in [-0.1, -0.05) is 0 Å². The molecule has 122 valence electrons. The van der Waals surface area contributed by atoms with E-state index in [1.54, 1.807) is 18.5 Å². The van der Waals surface area contributed by atoms with Gasteiger partial charge in [-0.05, 0) is 31.2 Å². The van der Waals surface area contributed by atoms with Gasteiger partial charge in [0.25, 0.3) is 0 Å². The molecule has 1 amide bonds. The van der Waals surface area contributed by atoms with Gasteiger partial charge >= 0.3 is 0 Å². The normalized spacial score (nSPS) is 10.5. The maximum atomic E-state index is 12.0. The Bertz CT molecular complexity index is 856. The molecule has 0 atom stereocenters. The molecule has 0 aliphatic rings. The Morgan fingerprint density at radius 2 is 2.08 bits per heavy atom. The lowest BCUT2D eigenvalue weighted by atomic mass is 10.2. The van der Waals surface area contributed by atoms with Gasteiger partial charge < -0.3 is 5.32 Å². The summed E-state index contributed by atoms with van der Waals surface area (Å²) >= 11 is 2.81. The van der Waals surface area contributed by atoms with Crippen molar-refractivity contribution in [1.82, 2.24) is 9.97 Å². The smallest absolute Gasteiger partial charge is 0.226 e. The minimum Gasteiger partial charge on any atom is -0.302 e. The molecule has 0 saturated carbocycles. The van der Waals surface area contributed by atoms with Crippen LogP contribution in [0.4, 0.5) is 5.13 Å². The molecular weight excluding hydrogens is 342 g/mol. The number of ketones is 1. The molecule has 3 aromatic heterocycles. The van der Waals surface area contributed by atoms with E-state index < -0.39 is 0 Å². The van der Waals surface area contributed by atoms with Crippen molar-refractivity contribution in [2.45, 2.75) is 19.8 Å². The summed E-state index contributed by atoms with van der Waals surface area (Å²) in [7, 11) is 0. The van der Waals surface area contributed by atoms with Crippen LogP contribution >= 0.6 is 22.7 Å². The zero-order chi connectivity index (χ0) is 16.9. The van der Waals surface area contributed by atoms with E-state index in [2.05, 4.69) is 15.3 Å². The van der Waals surface area contributed by atoms with Crippen LogP contribution in [0.1, 0.15) is 27.4 Å². The Morgan fingerprint density at radius 1 is 1.21 bits per heavy atom. The highest BCUT2D eigenvalue weighted by Gasteiger charge is 2.12. The second kappa shape index (κ2) is 7.46. The molecule has 0 aromatic carbocycles. The summed E-state index contributed by atoms with van der Waals surface area (Å²) in [6, 6.07) is 7.47. The first kappa shape index (κ1) is 16.5. The zero-order valence-corrected chi connectivity index (χ0v) is 14.6. The molecular formula is C17H15N3O2S2. The number of aromatic nitrogens is 2. The Labute approximate surface area is 147 Å².